The molecule has 92 valence electrons. The second-order valence-electron chi connectivity index (χ2n) is 3.98. The van der Waals surface area contributed by atoms with E-state index in [1.54, 1.807) is 19.3 Å². The van der Waals surface area contributed by atoms with Crippen molar-refractivity contribution in [3.8, 4) is 16.9 Å². The highest BCUT2D eigenvalue weighted by Gasteiger charge is 2.03. The Morgan fingerprint density at radius 3 is 2.50 bits per heavy atom. The van der Waals surface area contributed by atoms with Gasteiger partial charge in [0.2, 0.25) is 0 Å². The van der Waals surface area contributed by atoms with E-state index in [2.05, 4.69) is 4.98 Å². The average molecular weight is 241 g/mol. The SMILES string of the molecule is CCOc1ccc(-c2cncc(C(C)=O)c2)cc1. The summed E-state index contributed by atoms with van der Waals surface area (Å²) in [6, 6.07) is 9.61. The number of nitrogens with zero attached hydrogens (tertiary/aromatic N) is 1. The Hall–Kier alpha value is -2.16. The van der Waals surface area contributed by atoms with Gasteiger partial charge in [-0.3, -0.25) is 9.78 Å². The minimum absolute atomic E-state index is 0.0234. The fraction of sp³-hybridized carbons (Fsp3) is 0.200. The molecule has 3 nitrogen and oxygen atoms in total. The molecular formula is C15H15NO2. The molecule has 0 aliphatic carbocycles. The van der Waals surface area contributed by atoms with Crippen LogP contribution in [0.1, 0.15) is 24.2 Å². The molecule has 0 atom stereocenters. The predicted molar refractivity (Wildman–Crippen MR) is 70.8 cm³/mol. The molecule has 0 spiro atoms. The van der Waals surface area contributed by atoms with Crippen LogP contribution in [0, 0.1) is 0 Å². The molecule has 18 heavy (non-hydrogen) atoms. The zero-order valence-corrected chi connectivity index (χ0v) is 10.5. The molecule has 3 heteroatoms. The predicted octanol–water partition coefficient (Wildman–Crippen LogP) is 3.35. The largest absolute Gasteiger partial charge is 0.494 e. The highest BCUT2D eigenvalue weighted by atomic mass is 16.5. The van der Waals surface area contributed by atoms with Crippen LogP contribution in [0.4, 0.5) is 0 Å². The van der Waals surface area contributed by atoms with Gasteiger partial charge < -0.3 is 4.74 Å². The van der Waals surface area contributed by atoms with Crippen molar-refractivity contribution in [1.82, 2.24) is 4.98 Å². The van der Waals surface area contributed by atoms with E-state index in [4.69, 9.17) is 4.74 Å². The van der Waals surface area contributed by atoms with Crippen LogP contribution in [-0.2, 0) is 0 Å². The van der Waals surface area contributed by atoms with Gasteiger partial charge in [0.05, 0.1) is 6.61 Å². The first-order valence-corrected chi connectivity index (χ1v) is 5.90. The van der Waals surface area contributed by atoms with E-state index in [1.807, 2.05) is 37.3 Å². The van der Waals surface area contributed by atoms with E-state index in [1.165, 1.54) is 0 Å². The Balaban J connectivity index is 2.30. The molecule has 0 aliphatic rings. The molecule has 0 saturated carbocycles. The lowest BCUT2D eigenvalue weighted by Crippen LogP contribution is -1.94. The van der Waals surface area contributed by atoms with Gasteiger partial charge in [-0.05, 0) is 37.6 Å². The normalized spacial score (nSPS) is 10.1. The summed E-state index contributed by atoms with van der Waals surface area (Å²) in [5.41, 5.74) is 2.58. The summed E-state index contributed by atoms with van der Waals surface area (Å²) in [4.78, 5) is 15.4. The summed E-state index contributed by atoms with van der Waals surface area (Å²) in [5.74, 6) is 0.868. The maximum absolute atomic E-state index is 11.3. The Morgan fingerprint density at radius 1 is 1.17 bits per heavy atom. The number of Topliss-reactive ketones (excluding diaryl/α,β-unsaturated/α-hetero) is 1. The highest BCUT2D eigenvalue weighted by molar-refractivity contribution is 5.94. The zero-order chi connectivity index (χ0) is 13.0. The molecule has 2 aromatic rings. The Labute approximate surface area is 106 Å². The molecule has 0 fully saturated rings. The van der Waals surface area contributed by atoms with Gasteiger partial charge >= 0.3 is 0 Å². The molecule has 0 N–H and O–H groups in total. The first-order chi connectivity index (χ1) is 8.70. The molecule has 1 heterocycles. The van der Waals surface area contributed by atoms with Gasteiger partial charge in [-0.15, -0.1) is 0 Å². The van der Waals surface area contributed by atoms with Crippen LogP contribution in [0.5, 0.6) is 5.75 Å². The monoisotopic (exact) mass is 241 g/mol. The van der Waals surface area contributed by atoms with Crippen molar-refractivity contribution in [2.75, 3.05) is 6.61 Å². The number of hydrogen-bond donors (Lipinski definition) is 0. The van der Waals surface area contributed by atoms with Crippen LogP contribution in [0.25, 0.3) is 11.1 Å². The molecule has 0 aliphatic heterocycles. The fourth-order valence-corrected chi connectivity index (χ4v) is 1.70. The Bertz CT molecular complexity index is 547. The lowest BCUT2D eigenvalue weighted by molar-refractivity contribution is 0.101. The molecule has 0 amide bonds. The van der Waals surface area contributed by atoms with Crippen molar-refractivity contribution < 1.29 is 9.53 Å². The Kier molecular flexibility index (Phi) is 3.72. The standard InChI is InChI=1S/C15H15NO2/c1-3-18-15-6-4-12(5-7-15)14-8-13(11(2)17)9-16-10-14/h4-10H,3H2,1-2H3. The van der Waals surface area contributed by atoms with Crippen LogP contribution < -0.4 is 4.74 Å². The van der Waals surface area contributed by atoms with E-state index >= 15 is 0 Å². The van der Waals surface area contributed by atoms with Crippen LogP contribution in [-0.4, -0.2) is 17.4 Å². The second kappa shape index (κ2) is 5.45. The summed E-state index contributed by atoms with van der Waals surface area (Å²) < 4.78 is 5.39. The van der Waals surface area contributed by atoms with E-state index in [0.717, 1.165) is 16.9 Å². The van der Waals surface area contributed by atoms with Gasteiger partial charge in [0.1, 0.15) is 5.75 Å². The van der Waals surface area contributed by atoms with Crippen LogP contribution in [0.15, 0.2) is 42.7 Å². The van der Waals surface area contributed by atoms with E-state index in [-0.39, 0.29) is 5.78 Å². The van der Waals surface area contributed by atoms with Crippen molar-refractivity contribution >= 4 is 5.78 Å². The van der Waals surface area contributed by atoms with Crippen LogP contribution in [0.2, 0.25) is 0 Å². The minimum atomic E-state index is 0.0234. The van der Waals surface area contributed by atoms with Gasteiger partial charge in [0.15, 0.2) is 5.78 Å². The third-order valence-electron chi connectivity index (χ3n) is 2.64. The van der Waals surface area contributed by atoms with Crippen molar-refractivity contribution in [2.45, 2.75) is 13.8 Å². The number of benzene rings is 1. The van der Waals surface area contributed by atoms with Gasteiger partial charge in [-0.1, -0.05) is 12.1 Å². The minimum Gasteiger partial charge on any atom is -0.494 e. The summed E-state index contributed by atoms with van der Waals surface area (Å²) in [6.07, 6.45) is 3.34. The maximum atomic E-state index is 11.3. The quantitative estimate of drug-likeness (QED) is 0.770. The van der Waals surface area contributed by atoms with Crippen LogP contribution >= 0.6 is 0 Å². The summed E-state index contributed by atoms with van der Waals surface area (Å²) in [6.45, 7) is 4.15. The third-order valence-corrected chi connectivity index (χ3v) is 2.64. The summed E-state index contributed by atoms with van der Waals surface area (Å²) in [5, 5.41) is 0. The maximum Gasteiger partial charge on any atom is 0.161 e. The van der Waals surface area contributed by atoms with Crippen molar-refractivity contribution in [3.05, 3.63) is 48.3 Å². The van der Waals surface area contributed by atoms with Crippen molar-refractivity contribution in [2.24, 2.45) is 0 Å². The number of carbonyl (C=O) groups excluding carboxylic acids is 1. The van der Waals surface area contributed by atoms with Crippen molar-refractivity contribution in [3.63, 3.8) is 0 Å². The number of aromatic nitrogens is 1. The number of pyridine rings is 1. The van der Waals surface area contributed by atoms with Crippen molar-refractivity contribution in [1.29, 1.82) is 0 Å². The number of carbonyl (C=O) groups is 1. The molecule has 0 saturated heterocycles. The van der Waals surface area contributed by atoms with E-state index < -0.39 is 0 Å². The summed E-state index contributed by atoms with van der Waals surface area (Å²) in [7, 11) is 0. The number of hydrogen-bond acceptors (Lipinski definition) is 3. The van der Waals surface area contributed by atoms with Gasteiger partial charge in [-0.2, -0.15) is 0 Å². The summed E-state index contributed by atoms with van der Waals surface area (Å²) >= 11 is 0. The lowest BCUT2D eigenvalue weighted by atomic mass is 10.0. The first kappa shape index (κ1) is 12.3. The third kappa shape index (κ3) is 2.74. The molecule has 0 unspecified atom stereocenters. The number of ether oxygens (including phenoxy) is 1. The second-order valence-corrected chi connectivity index (χ2v) is 3.98. The zero-order valence-electron chi connectivity index (χ0n) is 10.5. The topological polar surface area (TPSA) is 39.2 Å². The molecule has 0 radical (unpaired) electrons. The molecule has 1 aromatic heterocycles. The van der Waals surface area contributed by atoms with Gasteiger partial charge in [0.25, 0.3) is 0 Å². The smallest absolute Gasteiger partial charge is 0.161 e. The number of ketones is 1. The van der Waals surface area contributed by atoms with E-state index in [9.17, 15) is 4.79 Å². The fourth-order valence-electron chi connectivity index (χ4n) is 1.70. The average Bonchev–Trinajstić information content (AvgIpc) is 2.40. The highest BCUT2D eigenvalue weighted by Crippen LogP contribution is 2.22. The molecule has 2 rings (SSSR count). The number of rotatable bonds is 4. The molecule has 1 aromatic carbocycles. The molecule has 0 bridgehead atoms. The van der Waals surface area contributed by atoms with Crippen LogP contribution in [0.3, 0.4) is 0 Å². The van der Waals surface area contributed by atoms with Gasteiger partial charge in [-0.25, -0.2) is 0 Å². The molecular weight excluding hydrogens is 226 g/mol. The Morgan fingerprint density at radius 2 is 1.89 bits per heavy atom. The lowest BCUT2D eigenvalue weighted by Gasteiger charge is -2.05. The van der Waals surface area contributed by atoms with Gasteiger partial charge in [0, 0.05) is 23.5 Å². The van der Waals surface area contributed by atoms with E-state index in [0.29, 0.717) is 12.2 Å². The first-order valence-electron chi connectivity index (χ1n) is 5.90.